The molecule has 3 N–H and O–H groups in total. The van der Waals surface area contributed by atoms with E-state index >= 15 is 0 Å². The van der Waals surface area contributed by atoms with Gasteiger partial charge in [-0.1, -0.05) is 25.6 Å². The van der Waals surface area contributed by atoms with Crippen LogP contribution >= 0.6 is 12.2 Å². The lowest BCUT2D eigenvalue weighted by Gasteiger charge is -2.38. The molecule has 20 heavy (non-hydrogen) atoms. The third-order valence-electron chi connectivity index (χ3n) is 3.56. The number of nitrogens with one attached hydrogen (secondary N) is 1. The Morgan fingerprint density at radius 3 is 2.35 bits per heavy atom. The highest BCUT2D eigenvalue weighted by atomic mass is 32.1. The van der Waals surface area contributed by atoms with Gasteiger partial charge in [0.2, 0.25) is 5.91 Å². The Kier molecular flexibility index (Phi) is 7.40. The summed E-state index contributed by atoms with van der Waals surface area (Å²) in [6.07, 6.45) is 2.10. The summed E-state index contributed by atoms with van der Waals surface area (Å²) < 4.78 is 0. The van der Waals surface area contributed by atoms with Crippen molar-refractivity contribution in [3.63, 3.8) is 0 Å². The summed E-state index contributed by atoms with van der Waals surface area (Å²) >= 11 is 5.17. The van der Waals surface area contributed by atoms with Gasteiger partial charge >= 0.3 is 0 Å². The number of hydrogen-bond acceptors (Lipinski definition) is 4. The van der Waals surface area contributed by atoms with Crippen LogP contribution in [0.25, 0.3) is 0 Å². The quantitative estimate of drug-likeness (QED) is 0.674. The highest BCUT2D eigenvalue weighted by Gasteiger charge is 2.25. The van der Waals surface area contributed by atoms with Crippen molar-refractivity contribution in [1.29, 1.82) is 0 Å². The van der Waals surface area contributed by atoms with Crippen molar-refractivity contribution in [3.8, 4) is 0 Å². The summed E-state index contributed by atoms with van der Waals surface area (Å²) in [5, 5.41) is 2.93. The first-order valence-corrected chi connectivity index (χ1v) is 7.90. The van der Waals surface area contributed by atoms with E-state index in [4.69, 9.17) is 18.0 Å². The monoisotopic (exact) mass is 300 g/mol. The van der Waals surface area contributed by atoms with Gasteiger partial charge in [-0.15, -0.1) is 0 Å². The topological polar surface area (TPSA) is 61.6 Å². The Morgan fingerprint density at radius 2 is 1.90 bits per heavy atom. The third-order valence-corrected chi connectivity index (χ3v) is 3.83. The van der Waals surface area contributed by atoms with Crippen LogP contribution in [0, 0.1) is 0 Å². The van der Waals surface area contributed by atoms with Crippen LogP contribution in [0.2, 0.25) is 0 Å². The van der Waals surface area contributed by atoms with Gasteiger partial charge in [0.05, 0.1) is 17.6 Å². The molecule has 0 radical (unpaired) electrons. The summed E-state index contributed by atoms with van der Waals surface area (Å²) in [6, 6.07) is 0.411. The molecule has 6 heteroatoms. The van der Waals surface area contributed by atoms with Gasteiger partial charge in [-0.2, -0.15) is 0 Å². The van der Waals surface area contributed by atoms with Gasteiger partial charge in [0.1, 0.15) is 0 Å². The maximum atomic E-state index is 11.7. The van der Waals surface area contributed by atoms with Crippen LogP contribution in [0.4, 0.5) is 0 Å². The fraction of sp³-hybridized carbons (Fsp3) is 0.857. The molecule has 0 aromatic carbocycles. The predicted molar refractivity (Wildman–Crippen MR) is 86.8 cm³/mol. The molecule has 1 heterocycles. The normalized spacial score (nSPS) is 19.0. The first-order valence-electron chi connectivity index (χ1n) is 7.49. The van der Waals surface area contributed by atoms with E-state index in [-0.39, 0.29) is 18.0 Å². The Hall–Kier alpha value is -0.720. The van der Waals surface area contributed by atoms with Crippen LogP contribution in [-0.2, 0) is 4.79 Å². The van der Waals surface area contributed by atoms with E-state index in [1.807, 2.05) is 13.8 Å². The zero-order chi connectivity index (χ0) is 15.1. The molecule has 1 rings (SSSR count). The van der Waals surface area contributed by atoms with Gasteiger partial charge in [-0.3, -0.25) is 14.6 Å². The lowest BCUT2D eigenvalue weighted by Crippen LogP contribution is -2.55. The summed E-state index contributed by atoms with van der Waals surface area (Å²) in [5.41, 5.74) is 5.84. The lowest BCUT2D eigenvalue weighted by molar-refractivity contribution is -0.123. The van der Waals surface area contributed by atoms with Crippen molar-refractivity contribution in [2.24, 2.45) is 5.73 Å². The van der Waals surface area contributed by atoms with E-state index in [0.29, 0.717) is 11.5 Å². The fourth-order valence-electron chi connectivity index (χ4n) is 2.58. The zero-order valence-corrected chi connectivity index (χ0v) is 13.7. The van der Waals surface area contributed by atoms with E-state index in [2.05, 4.69) is 22.0 Å². The summed E-state index contributed by atoms with van der Waals surface area (Å²) in [5.74, 6) is 0.105. The first kappa shape index (κ1) is 17.3. The molecule has 1 aliphatic rings. The van der Waals surface area contributed by atoms with Crippen molar-refractivity contribution in [2.45, 2.75) is 45.7 Å². The number of nitrogens with two attached hydrogens (primary N) is 1. The molecule has 1 aliphatic heterocycles. The van der Waals surface area contributed by atoms with Gasteiger partial charge in [0, 0.05) is 32.2 Å². The standard InChI is InChI=1S/C14H28N4OS/c1-4-5-12(14(15)20)18-8-6-17(7-9-18)10-13(19)16-11(2)3/h11-12H,4-10H2,1-3H3,(H2,15,20)(H,16,19). The predicted octanol–water partition coefficient (Wildman–Crippen LogP) is 0.583. The number of amides is 1. The van der Waals surface area contributed by atoms with E-state index in [9.17, 15) is 4.79 Å². The fourth-order valence-corrected chi connectivity index (χ4v) is 2.85. The molecule has 1 unspecified atom stereocenters. The number of carbonyl (C=O) groups is 1. The Balaban J connectivity index is 2.39. The smallest absolute Gasteiger partial charge is 0.234 e. The molecule has 1 fully saturated rings. The molecule has 1 amide bonds. The van der Waals surface area contributed by atoms with Crippen molar-refractivity contribution >= 4 is 23.1 Å². The minimum atomic E-state index is 0.105. The van der Waals surface area contributed by atoms with E-state index < -0.39 is 0 Å². The number of rotatable bonds is 7. The Labute approximate surface area is 127 Å². The highest BCUT2D eigenvalue weighted by Crippen LogP contribution is 2.11. The average molecular weight is 300 g/mol. The van der Waals surface area contributed by atoms with Crippen LogP contribution in [0.3, 0.4) is 0 Å². The largest absolute Gasteiger partial charge is 0.392 e. The molecule has 116 valence electrons. The van der Waals surface area contributed by atoms with Crippen LogP contribution in [0.15, 0.2) is 0 Å². The van der Waals surface area contributed by atoms with E-state index in [0.717, 1.165) is 39.0 Å². The zero-order valence-electron chi connectivity index (χ0n) is 12.9. The van der Waals surface area contributed by atoms with Gasteiger partial charge in [-0.25, -0.2) is 0 Å². The van der Waals surface area contributed by atoms with Gasteiger partial charge in [0.25, 0.3) is 0 Å². The van der Waals surface area contributed by atoms with Crippen LogP contribution in [-0.4, -0.2) is 65.5 Å². The van der Waals surface area contributed by atoms with Crippen LogP contribution < -0.4 is 11.1 Å². The molecular formula is C14H28N4OS. The lowest BCUT2D eigenvalue weighted by atomic mass is 10.1. The van der Waals surface area contributed by atoms with E-state index in [1.54, 1.807) is 0 Å². The third kappa shape index (κ3) is 5.73. The van der Waals surface area contributed by atoms with Crippen molar-refractivity contribution < 1.29 is 4.79 Å². The second-order valence-electron chi connectivity index (χ2n) is 5.74. The van der Waals surface area contributed by atoms with Crippen LogP contribution in [0.1, 0.15) is 33.6 Å². The number of nitrogens with zero attached hydrogens (tertiary/aromatic N) is 2. The van der Waals surface area contributed by atoms with Crippen LogP contribution in [0.5, 0.6) is 0 Å². The molecule has 0 spiro atoms. The van der Waals surface area contributed by atoms with E-state index in [1.165, 1.54) is 0 Å². The summed E-state index contributed by atoms with van der Waals surface area (Å²) in [7, 11) is 0. The second-order valence-corrected chi connectivity index (χ2v) is 6.21. The van der Waals surface area contributed by atoms with Crippen molar-refractivity contribution in [2.75, 3.05) is 32.7 Å². The molecule has 0 saturated carbocycles. The molecular weight excluding hydrogens is 272 g/mol. The molecule has 0 aromatic heterocycles. The minimum Gasteiger partial charge on any atom is -0.392 e. The molecule has 0 aliphatic carbocycles. The van der Waals surface area contributed by atoms with Gasteiger partial charge < -0.3 is 11.1 Å². The Morgan fingerprint density at radius 1 is 1.30 bits per heavy atom. The molecule has 1 saturated heterocycles. The van der Waals surface area contributed by atoms with Crippen molar-refractivity contribution in [1.82, 2.24) is 15.1 Å². The SMILES string of the molecule is CCCC(C(N)=S)N1CCN(CC(=O)NC(C)C)CC1. The van der Waals surface area contributed by atoms with Gasteiger partial charge in [-0.05, 0) is 20.3 Å². The maximum absolute atomic E-state index is 11.7. The average Bonchev–Trinajstić information content (AvgIpc) is 2.35. The molecule has 5 nitrogen and oxygen atoms in total. The molecule has 0 bridgehead atoms. The summed E-state index contributed by atoms with van der Waals surface area (Å²) in [6.45, 7) is 10.2. The first-order chi connectivity index (χ1) is 9.43. The molecule has 0 aromatic rings. The van der Waals surface area contributed by atoms with Gasteiger partial charge in [0.15, 0.2) is 0 Å². The number of carbonyl (C=O) groups excluding carboxylic acids is 1. The Bertz CT molecular complexity index is 327. The minimum absolute atomic E-state index is 0.105. The highest BCUT2D eigenvalue weighted by molar-refractivity contribution is 7.80. The second kappa shape index (κ2) is 8.54. The summed E-state index contributed by atoms with van der Waals surface area (Å²) in [4.78, 5) is 16.9. The molecule has 1 atom stereocenters. The number of thiocarbonyl (C=S) groups is 1. The maximum Gasteiger partial charge on any atom is 0.234 e. The van der Waals surface area contributed by atoms with Crippen molar-refractivity contribution in [3.05, 3.63) is 0 Å². The number of hydrogen-bond donors (Lipinski definition) is 2. The number of piperazine rings is 1.